The monoisotopic (exact) mass is 438 g/mol. The van der Waals surface area contributed by atoms with E-state index in [4.69, 9.17) is 0 Å². The maximum absolute atomic E-state index is 13.8. The predicted octanol–water partition coefficient (Wildman–Crippen LogP) is 5.37. The van der Waals surface area contributed by atoms with E-state index in [1.165, 1.54) is 6.07 Å². The van der Waals surface area contributed by atoms with Gasteiger partial charge in [0.1, 0.15) is 5.82 Å². The first kappa shape index (κ1) is 23.0. The van der Waals surface area contributed by atoms with Gasteiger partial charge in [0, 0.05) is 35.2 Å². The van der Waals surface area contributed by atoms with Crippen molar-refractivity contribution in [2.24, 2.45) is 5.92 Å². The molecule has 162 valence electrons. The highest BCUT2D eigenvalue weighted by Crippen LogP contribution is 2.31. The number of nitrogens with one attached hydrogen (secondary N) is 1. The number of hydrogen-bond acceptors (Lipinski definition) is 4. The van der Waals surface area contributed by atoms with Crippen LogP contribution >= 0.6 is 11.8 Å². The minimum absolute atomic E-state index is 0.109. The number of aliphatic hydroxyl groups is 1. The van der Waals surface area contributed by atoms with Gasteiger partial charge in [0.05, 0.1) is 12.2 Å². The predicted molar refractivity (Wildman–Crippen MR) is 123 cm³/mol. The first-order chi connectivity index (χ1) is 14.9. The average Bonchev–Trinajstić information content (AvgIpc) is 2.78. The van der Waals surface area contributed by atoms with Gasteiger partial charge in [-0.05, 0) is 59.4 Å². The molecule has 31 heavy (non-hydrogen) atoms. The molecule has 0 aliphatic carbocycles. The van der Waals surface area contributed by atoms with Crippen molar-refractivity contribution in [2.75, 3.05) is 5.75 Å². The van der Waals surface area contributed by atoms with Crippen molar-refractivity contribution in [1.82, 2.24) is 10.3 Å². The molecule has 4 nitrogen and oxygen atoms in total. The van der Waals surface area contributed by atoms with Crippen LogP contribution < -0.4 is 5.32 Å². The van der Waals surface area contributed by atoms with E-state index in [9.17, 15) is 14.3 Å². The van der Waals surface area contributed by atoms with Crippen LogP contribution in [0.4, 0.5) is 4.39 Å². The van der Waals surface area contributed by atoms with E-state index in [-0.39, 0.29) is 24.9 Å². The van der Waals surface area contributed by atoms with Crippen LogP contribution in [0.25, 0.3) is 11.1 Å². The van der Waals surface area contributed by atoms with Crippen molar-refractivity contribution in [3.8, 4) is 11.1 Å². The van der Waals surface area contributed by atoms with Gasteiger partial charge in [0.2, 0.25) is 0 Å². The standard InChI is InChI=1S/C25H27FN2O2S/c1-16(2)15-31-24-7-6-19(22-13-27-9-8-20(22)14-29)11-21(24)25(30)28-12-18-5-4-17(3)23(26)10-18/h4-11,13,16,29H,12,14-15H2,1-3H3,(H,28,30). The maximum atomic E-state index is 13.8. The molecule has 2 N–H and O–H groups in total. The number of halogens is 1. The average molecular weight is 439 g/mol. The van der Waals surface area contributed by atoms with Gasteiger partial charge < -0.3 is 10.4 Å². The normalized spacial score (nSPS) is 11.0. The molecule has 1 heterocycles. The first-order valence-electron chi connectivity index (χ1n) is 10.2. The number of hydrogen-bond donors (Lipinski definition) is 2. The van der Waals surface area contributed by atoms with Crippen LogP contribution in [0.15, 0.2) is 59.8 Å². The van der Waals surface area contributed by atoms with Crippen molar-refractivity contribution in [2.45, 2.75) is 38.8 Å². The third-order valence-electron chi connectivity index (χ3n) is 4.88. The lowest BCUT2D eigenvalue weighted by atomic mass is 10.00. The van der Waals surface area contributed by atoms with Gasteiger partial charge in [-0.1, -0.05) is 32.0 Å². The summed E-state index contributed by atoms with van der Waals surface area (Å²) in [6, 6.07) is 12.5. The molecular formula is C25H27FN2O2S. The van der Waals surface area contributed by atoms with Crippen LogP contribution in [-0.4, -0.2) is 21.8 Å². The summed E-state index contributed by atoms with van der Waals surface area (Å²) < 4.78 is 13.8. The number of aryl methyl sites for hydroxylation is 1. The second-order valence-electron chi connectivity index (χ2n) is 7.87. The molecule has 1 amide bonds. The summed E-state index contributed by atoms with van der Waals surface area (Å²) in [5, 5.41) is 12.6. The molecule has 6 heteroatoms. The Bertz CT molecular complexity index is 1070. The Morgan fingerprint density at radius 3 is 2.71 bits per heavy atom. The number of amides is 1. The van der Waals surface area contributed by atoms with Crippen molar-refractivity contribution >= 4 is 17.7 Å². The Kier molecular flexibility index (Phi) is 7.82. The molecule has 2 aromatic carbocycles. The Hall–Kier alpha value is -2.70. The van der Waals surface area contributed by atoms with Crippen molar-refractivity contribution in [1.29, 1.82) is 0 Å². The smallest absolute Gasteiger partial charge is 0.252 e. The van der Waals surface area contributed by atoms with Crippen LogP contribution in [0, 0.1) is 18.7 Å². The number of thioether (sulfide) groups is 1. The highest BCUT2D eigenvalue weighted by atomic mass is 32.2. The number of nitrogens with zero attached hydrogens (tertiary/aromatic N) is 1. The number of carbonyl (C=O) groups is 1. The zero-order valence-corrected chi connectivity index (χ0v) is 18.8. The van der Waals surface area contributed by atoms with Crippen LogP contribution in [0.3, 0.4) is 0 Å². The molecule has 0 radical (unpaired) electrons. The third-order valence-corrected chi connectivity index (χ3v) is 6.38. The van der Waals surface area contributed by atoms with E-state index in [1.807, 2.05) is 24.3 Å². The van der Waals surface area contributed by atoms with Gasteiger partial charge >= 0.3 is 0 Å². The van der Waals surface area contributed by atoms with Gasteiger partial charge in [-0.25, -0.2) is 4.39 Å². The minimum Gasteiger partial charge on any atom is -0.392 e. The summed E-state index contributed by atoms with van der Waals surface area (Å²) in [5.41, 5.74) is 4.20. The van der Waals surface area contributed by atoms with Gasteiger partial charge in [0.15, 0.2) is 0 Å². The van der Waals surface area contributed by atoms with Crippen LogP contribution in [-0.2, 0) is 13.2 Å². The zero-order valence-electron chi connectivity index (χ0n) is 18.0. The molecule has 1 aromatic heterocycles. The number of rotatable bonds is 8. The SMILES string of the molecule is Cc1ccc(CNC(=O)c2cc(-c3cnccc3CO)ccc2SCC(C)C)cc1F. The summed E-state index contributed by atoms with van der Waals surface area (Å²) in [6.45, 7) is 6.11. The van der Waals surface area contributed by atoms with E-state index >= 15 is 0 Å². The van der Waals surface area contributed by atoms with Crippen LogP contribution in [0.5, 0.6) is 0 Å². The van der Waals surface area contributed by atoms with E-state index < -0.39 is 0 Å². The number of pyridine rings is 1. The first-order valence-corrected chi connectivity index (χ1v) is 11.2. The quantitative estimate of drug-likeness (QED) is 0.465. The number of benzene rings is 2. The molecule has 0 fully saturated rings. The Balaban J connectivity index is 1.90. The number of aliphatic hydroxyl groups excluding tert-OH is 1. The fourth-order valence-corrected chi connectivity index (χ4v) is 4.09. The molecule has 0 aliphatic rings. The van der Waals surface area contributed by atoms with Crippen LogP contribution in [0.2, 0.25) is 0 Å². The van der Waals surface area contributed by atoms with E-state index in [2.05, 4.69) is 24.1 Å². The topological polar surface area (TPSA) is 62.2 Å². The highest BCUT2D eigenvalue weighted by molar-refractivity contribution is 7.99. The largest absolute Gasteiger partial charge is 0.392 e. The molecule has 0 unspecified atom stereocenters. The van der Waals surface area contributed by atoms with E-state index in [0.717, 1.165) is 27.3 Å². The summed E-state index contributed by atoms with van der Waals surface area (Å²) >= 11 is 1.64. The van der Waals surface area contributed by atoms with E-state index in [1.54, 1.807) is 43.2 Å². The lowest BCUT2D eigenvalue weighted by Gasteiger charge is -2.14. The third kappa shape index (κ3) is 5.93. The zero-order chi connectivity index (χ0) is 22.4. The Labute approximate surface area is 186 Å². The Morgan fingerprint density at radius 1 is 1.19 bits per heavy atom. The van der Waals surface area contributed by atoms with Crippen LogP contribution in [0.1, 0.15) is 40.9 Å². The molecule has 0 atom stereocenters. The van der Waals surface area contributed by atoms with Crippen molar-refractivity contribution < 1.29 is 14.3 Å². The fraction of sp³-hybridized carbons (Fsp3) is 0.280. The molecule has 0 aliphatic heterocycles. The molecule has 0 saturated heterocycles. The molecular weight excluding hydrogens is 411 g/mol. The summed E-state index contributed by atoms with van der Waals surface area (Å²) in [7, 11) is 0. The number of carbonyl (C=O) groups excluding carboxylic acids is 1. The fourth-order valence-electron chi connectivity index (χ4n) is 3.10. The lowest BCUT2D eigenvalue weighted by Crippen LogP contribution is -2.23. The van der Waals surface area contributed by atoms with Gasteiger partial charge in [-0.2, -0.15) is 0 Å². The molecule has 3 aromatic rings. The summed E-state index contributed by atoms with van der Waals surface area (Å²) in [5.74, 6) is 0.867. The second kappa shape index (κ2) is 10.6. The number of aromatic nitrogens is 1. The maximum Gasteiger partial charge on any atom is 0.252 e. The Morgan fingerprint density at radius 2 is 2.00 bits per heavy atom. The molecule has 0 spiro atoms. The molecule has 3 rings (SSSR count). The van der Waals surface area contributed by atoms with Gasteiger partial charge in [-0.15, -0.1) is 11.8 Å². The lowest BCUT2D eigenvalue weighted by molar-refractivity contribution is 0.0948. The minimum atomic E-state index is -0.282. The molecule has 0 bridgehead atoms. The highest BCUT2D eigenvalue weighted by Gasteiger charge is 2.16. The molecule has 0 saturated carbocycles. The summed E-state index contributed by atoms with van der Waals surface area (Å²) in [6.07, 6.45) is 3.33. The van der Waals surface area contributed by atoms with E-state index in [0.29, 0.717) is 22.6 Å². The van der Waals surface area contributed by atoms with Gasteiger partial charge in [-0.3, -0.25) is 9.78 Å². The van der Waals surface area contributed by atoms with Gasteiger partial charge in [0.25, 0.3) is 5.91 Å². The van der Waals surface area contributed by atoms with Crippen molar-refractivity contribution in [3.05, 3.63) is 82.9 Å². The van der Waals surface area contributed by atoms with Crippen molar-refractivity contribution in [3.63, 3.8) is 0 Å². The summed E-state index contributed by atoms with van der Waals surface area (Å²) in [4.78, 5) is 18.1. The second-order valence-corrected chi connectivity index (χ2v) is 8.93.